The van der Waals surface area contributed by atoms with Gasteiger partial charge in [0.2, 0.25) is 0 Å². The van der Waals surface area contributed by atoms with Gasteiger partial charge < -0.3 is 0 Å². The number of nitrogens with one attached hydrogen (secondary N) is 1. The highest BCUT2D eigenvalue weighted by atomic mass is 127. The molecule has 0 saturated heterocycles. The van der Waals surface area contributed by atoms with Crippen LogP contribution in [0.3, 0.4) is 0 Å². The maximum absolute atomic E-state index is 11.9. The Morgan fingerprint density at radius 3 is 2.81 bits per heavy atom. The van der Waals surface area contributed by atoms with Crippen LogP contribution in [0, 0.1) is 10.5 Å². The second-order valence-electron chi connectivity index (χ2n) is 3.23. The number of amides is 1. The van der Waals surface area contributed by atoms with Crippen molar-refractivity contribution in [3.05, 3.63) is 44.5 Å². The van der Waals surface area contributed by atoms with E-state index in [1.807, 2.05) is 30.5 Å². The summed E-state index contributed by atoms with van der Waals surface area (Å²) in [5, 5.41) is 5.33. The van der Waals surface area contributed by atoms with Gasteiger partial charge in [0, 0.05) is 8.95 Å². The van der Waals surface area contributed by atoms with Gasteiger partial charge in [0.25, 0.3) is 5.91 Å². The van der Waals surface area contributed by atoms with Crippen LogP contribution < -0.4 is 5.32 Å². The number of benzene rings is 1. The Labute approximate surface area is 111 Å². The Morgan fingerprint density at radius 1 is 1.44 bits per heavy atom. The largest absolute Gasteiger partial charge is 0.298 e. The quantitative estimate of drug-likeness (QED) is 0.850. The number of nitrogens with zero attached hydrogens (tertiary/aromatic N) is 1. The van der Waals surface area contributed by atoms with Gasteiger partial charge in [0.15, 0.2) is 5.13 Å². The van der Waals surface area contributed by atoms with Gasteiger partial charge in [-0.2, -0.15) is 0 Å². The maximum atomic E-state index is 11.9. The molecule has 3 nitrogen and oxygen atoms in total. The van der Waals surface area contributed by atoms with Crippen LogP contribution in [0.4, 0.5) is 5.13 Å². The molecule has 1 aromatic heterocycles. The molecule has 0 aliphatic rings. The minimum absolute atomic E-state index is 0.112. The number of carbonyl (C=O) groups is 1. The van der Waals surface area contributed by atoms with Crippen LogP contribution in [0.5, 0.6) is 0 Å². The Morgan fingerprint density at radius 2 is 2.19 bits per heavy atom. The lowest BCUT2D eigenvalue weighted by Crippen LogP contribution is -2.13. The average molecular weight is 344 g/mol. The van der Waals surface area contributed by atoms with E-state index in [2.05, 4.69) is 32.9 Å². The van der Waals surface area contributed by atoms with Crippen molar-refractivity contribution in [3.8, 4) is 0 Å². The Kier molecular flexibility index (Phi) is 3.55. The highest BCUT2D eigenvalue weighted by Crippen LogP contribution is 2.17. The monoisotopic (exact) mass is 344 g/mol. The molecular weight excluding hydrogens is 335 g/mol. The van der Waals surface area contributed by atoms with Gasteiger partial charge in [-0.3, -0.25) is 10.1 Å². The van der Waals surface area contributed by atoms with E-state index in [1.54, 1.807) is 6.07 Å². The van der Waals surface area contributed by atoms with E-state index >= 15 is 0 Å². The fourth-order valence-electron chi connectivity index (χ4n) is 1.22. The molecule has 0 bridgehead atoms. The van der Waals surface area contributed by atoms with Crippen molar-refractivity contribution < 1.29 is 4.79 Å². The summed E-state index contributed by atoms with van der Waals surface area (Å²) in [5.74, 6) is -0.112. The van der Waals surface area contributed by atoms with E-state index < -0.39 is 0 Å². The number of aryl methyl sites for hydroxylation is 1. The van der Waals surface area contributed by atoms with Crippen LogP contribution in [0.1, 0.15) is 16.1 Å². The zero-order valence-electron chi connectivity index (χ0n) is 8.53. The number of hydrogen-bond donors (Lipinski definition) is 1. The summed E-state index contributed by atoms with van der Waals surface area (Å²) in [4.78, 5) is 16.1. The molecule has 0 atom stereocenters. The Bertz CT molecular complexity index is 524. The number of rotatable bonds is 2. The van der Waals surface area contributed by atoms with Gasteiger partial charge >= 0.3 is 0 Å². The molecule has 5 heteroatoms. The molecule has 1 amide bonds. The van der Waals surface area contributed by atoms with Crippen LogP contribution in [0.25, 0.3) is 0 Å². The highest BCUT2D eigenvalue weighted by Gasteiger charge is 2.10. The molecule has 0 spiro atoms. The van der Waals surface area contributed by atoms with Crippen LogP contribution in [-0.2, 0) is 0 Å². The van der Waals surface area contributed by atoms with Crippen molar-refractivity contribution in [2.24, 2.45) is 0 Å². The van der Waals surface area contributed by atoms with Gasteiger partial charge in [-0.1, -0.05) is 12.1 Å². The lowest BCUT2D eigenvalue weighted by atomic mass is 10.2. The Balaban J connectivity index is 2.18. The molecule has 0 fully saturated rings. The van der Waals surface area contributed by atoms with E-state index in [0.29, 0.717) is 10.7 Å². The molecule has 2 aromatic rings. The predicted molar refractivity (Wildman–Crippen MR) is 74.0 cm³/mol. The molecular formula is C11H9IN2OS. The van der Waals surface area contributed by atoms with Crippen molar-refractivity contribution in [2.45, 2.75) is 6.92 Å². The predicted octanol–water partition coefficient (Wildman–Crippen LogP) is 3.31. The van der Waals surface area contributed by atoms with E-state index in [0.717, 1.165) is 9.26 Å². The number of carbonyl (C=O) groups excluding carboxylic acids is 1. The van der Waals surface area contributed by atoms with E-state index in [4.69, 9.17) is 0 Å². The number of thiazole rings is 1. The third kappa shape index (κ3) is 2.59. The molecule has 1 aromatic carbocycles. The fraction of sp³-hybridized carbons (Fsp3) is 0.0909. The van der Waals surface area contributed by atoms with Crippen LogP contribution in [0.15, 0.2) is 29.6 Å². The number of anilines is 1. The maximum Gasteiger partial charge on any atom is 0.258 e. The van der Waals surface area contributed by atoms with Crippen LogP contribution >= 0.6 is 33.9 Å². The minimum Gasteiger partial charge on any atom is -0.298 e. The van der Waals surface area contributed by atoms with Crippen LogP contribution in [0.2, 0.25) is 0 Å². The van der Waals surface area contributed by atoms with Gasteiger partial charge in [-0.15, -0.1) is 11.3 Å². The van der Waals surface area contributed by atoms with Gasteiger partial charge in [-0.05, 0) is 41.6 Å². The van der Waals surface area contributed by atoms with E-state index in [1.165, 1.54) is 11.3 Å². The van der Waals surface area contributed by atoms with Crippen LogP contribution in [-0.4, -0.2) is 10.9 Å². The van der Waals surface area contributed by atoms with E-state index in [9.17, 15) is 4.79 Å². The third-order valence-electron chi connectivity index (χ3n) is 1.96. The van der Waals surface area contributed by atoms with Crippen molar-refractivity contribution in [2.75, 3.05) is 5.32 Å². The zero-order valence-corrected chi connectivity index (χ0v) is 11.5. The number of hydrogen-bond acceptors (Lipinski definition) is 3. The SMILES string of the molecule is Cc1csc(NC(=O)c2ccccc2I)n1. The molecule has 2 rings (SSSR count). The van der Waals surface area contributed by atoms with Crippen molar-refractivity contribution in [3.63, 3.8) is 0 Å². The number of aromatic nitrogens is 1. The smallest absolute Gasteiger partial charge is 0.258 e. The standard InChI is InChI=1S/C11H9IN2OS/c1-7-6-16-11(13-7)14-10(15)8-4-2-3-5-9(8)12/h2-6H,1H3,(H,13,14,15). The first-order valence-electron chi connectivity index (χ1n) is 4.65. The first kappa shape index (κ1) is 11.5. The summed E-state index contributed by atoms with van der Waals surface area (Å²) in [7, 11) is 0. The molecule has 0 saturated carbocycles. The molecule has 0 aliphatic carbocycles. The molecule has 0 radical (unpaired) electrons. The topological polar surface area (TPSA) is 42.0 Å². The second kappa shape index (κ2) is 4.92. The van der Waals surface area contributed by atoms with Gasteiger partial charge in [0.05, 0.1) is 11.3 Å². The van der Waals surface area contributed by atoms with Gasteiger partial charge in [0.1, 0.15) is 0 Å². The van der Waals surface area contributed by atoms with E-state index in [-0.39, 0.29) is 5.91 Å². The third-order valence-corrected chi connectivity index (χ3v) is 3.77. The Hall–Kier alpha value is -0.950. The first-order chi connectivity index (χ1) is 7.66. The normalized spacial score (nSPS) is 10.1. The molecule has 1 N–H and O–H groups in total. The summed E-state index contributed by atoms with van der Waals surface area (Å²) < 4.78 is 0.936. The molecule has 0 unspecified atom stereocenters. The summed E-state index contributed by atoms with van der Waals surface area (Å²) >= 11 is 3.58. The summed E-state index contributed by atoms with van der Waals surface area (Å²) in [6.45, 7) is 1.90. The van der Waals surface area contributed by atoms with Gasteiger partial charge in [-0.25, -0.2) is 4.98 Å². The fourth-order valence-corrected chi connectivity index (χ4v) is 2.54. The lowest BCUT2D eigenvalue weighted by molar-refractivity contribution is 0.102. The molecule has 0 aliphatic heterocycles. The highest BCUT2D eigenvalue weighted by molar-refractivity contribution is 14.1. The molecule has 16 heavy (non-hydrogen) atoms. The molecule has 1 heterocycles. The zero-order chi connectivity index (χ0) is 11.5. The lowest BCUT2D eigenvalue weighted by Gasteiger charge is -2.03. The summed E-state index contributed by atoms with van der Waals surface area (Å²) in [5.41, 5.74) is 1.60. The first-order valence-corrected chi connectivity index (χ1v) is 6.60. The minimum atomic E-state index is -0.112. The van der Waals surface area contributed by atoms with Crippen molar-refractivity contribution in [1.82, 2.24) is 4.98 Å². The summed E-state index contributed by atoms with van der Waals surface area (Å²) in [6, 6.07) is 7.47. The van der Waals surface area contributed by atoms with Crippen molar-refractivity contribution in [1.29, 1.82) is 0 Å². The number of halogens is 1. The average Bonchev–Trinajstić information content (AvgIpc) is 2.64. The van der Waals surface area contributed by atoms with Crippen molar-refractivity contribution >= 4 is 45.0 Å². The molecule has 82 valence electrons. The second-order valence-corrected chi connectivity index (χ2v) is 5.25. The summed E-state index contributed by atoms with van der Waals surface area (Å²) in [6.07, 6.45) is 0.